The molecule has 2 unspecified atom stereocenters. The highest BCUT2D eigenvalue weighted by Crippen LogP contribution is 2.47. The average molecular weight is 278 g/mol. The Bertz CT molecular complexity index is 597. The molecule has 0 radical (unpaired) electrons. The molecule has 3 rings (SSSR count). The van der Waals surface area contributed by atoms with E-state index < -0.39 is 5.82 Å². The number of carbonyl (C=O) groups is 2. The molecule has 1 aromatic carbocycles. The van der Waals surface area contributed by atoms with Crippen LogP contribution in [0.15, 0.2) is 18.2 Å². The van der Waals surface area contributed by atoms with E-state index in [0.29, 0.717) is 12.0 Å². The second-order valence-electron chi connectivity index (χ2n) is 4.89. The molecule has 19 heavy (non-hydrogen) atoms. The molecule has 6 heteroatoms. The van der Waals surface area contributed by atoms with Crippen LogP contribution in [0.5, 0.6) is 0 Å². The number of likely N-dealkylation sites (tertiary alicyclic amines) is 1. The van der Waals surface area contributed by atoms with E-state index in [1.807, 2.05) is 0 Å². The lowest BCUT2D eigenvalue weighted by molar-refractivity contribution is -0.142. The summed E-state index contributed by atoms with van der Waals surface area (Å²) >= 11 is 4.75. The number of amides is 2. The first kappa shape index (κ1) is 12.2. The number of fused-ring (bicyclic) bond motifs is 1. The smallest absolute Gasteiger partial charge is 0.233 e. The van der Waals surface area contributed by atoms with E-state index in [-0.39, 0.29) is 40.7 Å². The highest BCUT2D eigenvalue weighted by Gasteiger charge is 2.58. The van der Waals surface area contributed by atoms with Gasteiger partial charge in [0, 0.05) is 5.56 Å². The van der Waals surface area contributed by atoms with Crippen LogP contribution < -0.4 is 5.73 Å². The third-order valence-electron chi connectivity index (χ3n) is 3.59. The summed E-state index contributed by atoms with van der Waals surface area (Å²) in [5, 5.41) is 0. The van der Waals surface area contributed by atoms with Crippen molar-refractivity contribution in [3.63, 3.8) is 0 Å². The lowest BCUT2D eigenvalue weighted by Gasteiger charge is -2.17. The zero-order valence-corrected chi connectivity index (χ0v) is 10.7. The van der Waals surface area contributed by atoms with Gasteiger partial charge in [-0.3, -0.25) is 14.5 Å². The van der Waals surface area contributed by atoms with E-state index in [2.05, 4.69) is 0 Å². The minimum absolute atomic E-state index is 0.0405. The van der Waals surface area contributed by atoms with Gasteiger partial charge in [-0.2, -0.15) is 0 Å². The second-order valence-corrected chi connectivity index (χ2v) is 5.33. The van der Waals surface area contributed by atoms with Gasteiger partial charge in [-0.25, -0.2) is 4.39 Å². The summed E-state index contributed by atoms with van der Waals surface area (Å²) < 4.78 is 13.4. The minimum atomic E-state index is -0.502. The molecule has 1 aliphatic heterocycles. The Kier molecular flexibility index (Phi) is 2.63. The van der Waals surface area contributed by atoms with E-state index in [9.17, 15) is 14.0 Å². The number of halogens is 1. The Morgan fingerprint density at radius 1 is 1.37 bits per heavy atom. The van der Waals surface area contributed by atoms with Crippen molar-refractivity contribution >= 4 is 29.0 Å². The Hall–Kier alpha value is -1.82. The Labute approximate surface area is 114 Å². The van der Waals surface area contributed by atoms with Crippen molar-refractivity contribution in [3.8, 4) is 0 Å². The molecule has 98 valence electrons. The molecule has 0 aromatic heterocycles. The number of carbonyl (C=O) groups excluding carboxylic acids is 2. The second kappa shape index (κ2) is 4.09. The fraction of sp³-hybridized carbons (Fsp3) is 0.308. The summed E-state index contributed by atoms with van der Waals surface area (Å²) in [5.74, 6) is -1.00. The number of piperidine rings is 1. The van der Waals surface area contributed by atoms with Crippen LogP contribution in [0.25, 0.3) is 0 Å². The van der Waals surface area contributed by atoms with Crippen molar-refractivity contribution in [1.29, 1.82) is 0 Å². The third kappa shape index (κ3) is 1.92. The van der Waals surface area contributed by atoms with Gasteiger partial charge in [-0.15, -0.1) is 0 Å². The van der Waals surface area contributed by atoms with Gasteiger partial charge in [0.1, 0.15) is 10.8 Å². The zero-order valence-electron chi connectivity index (χ0n) is 9.93. The molecule has 2 aliphatic rings. The van der Waals surface area contributed by atoms with Gasteiger partial charge in [0.05, 0.1) is 18.4 Å². The maximum atomic E-state index is 13.4. The van der Waals surface area contributed by atoms with Gasteiger partial charge in [0.2, 0.25) is 11.8 Å². The summed E-state index contributed by atoms with van der Waals surface area (Å²) in [5.41, 5.74) is 6.20. The Morgan fingerprint density at radius 3 is 2.58 bits per heavy atom. The van der Waals surface area contributed by atoms with Crippen LogP contribution in [0, 0.1) is 17.7 Å². The first-order valence-electron chi connectivity index (χ1n) is 5.92. The maximum absolute atomic E-state index is 13.4. The number of thiocarbonyl (C=S) groups is 1. The zero-order chi connectivity index (χ0) is 13.7. The molecule has 4 nitrogen and oxygen atoms in total. The SMILES string of the molecule is NC(=S)c1cc(CN2C(=O)C3CC3C2=O)ccc1F. The van der Waals surface area contributed by atoms with Gasteiger partial charge in [-0.05, 0) is 24.1 Å². The van der Waals surface area contributed by atoms with Crippen LogP contribution in [-0.2, 0) is 16.1 Å². The number of rotatable bonds is 3. The number of nitrogens with zero attached hydrogens (tertiary/aromatic N) is 1. The van der Waals surface area contributed by atoms with E-state index in [4.69, 9.17) is 18.0 Å². The molecule has 2 fully saturated rings. The van der Waals surface area contributed by atoms with Gasteiger partial charge in [0.15, 0.2) is 0 Å². The fourth-order valence-corrected chi connectivity index (χ4v) is 2.60. The molecule has 2 atom stereocenters. The Morgan fingerprint density at radius 2 is 2.00 bits per heavy atom. The molecular weight excluding hydrogens is 267 g/mol. The van der Waals surface area contributed by atoms with Gasteiger partial charge < -0.3 is 5.73 Å². The molecule has 1 heterocycles. The van der Waals surface area contributed by atoms with Crippen molar-refractivity contribution in [2.45, 2.75) is 13.0 Å². The molecule has 1 aromatic rings. The monoisotopic (exact) mass is 278 g/mol. The number of imide groups is 1. The van der Waals surface area contributed by atoms with Crippen LogP contribution in [0.3, 0.4) is 0 Å². The molecule has 1 saturated carbocycles. The standard InChI is InChI=1S/C13H11FN2O2S/c14-10-2-1-6(3-9(10)11(15)19)5-16-12(17)7-4-8(7)13(16)18/h1-3,7-8H,4-5H2,(H2,15,19). The van der Waals surface area contributed by atoms with Crippen molar-refractivity contribution in [2.75, 3.05) is 0 Å². The Balaban J connectivity index is 1.84. The van der Waals surface area contributed by atoms with Gasteiger partial charge in [-0.1, -0.05) is 18.3 Å². The highest BCUT2D eigenvalue weighted by atomic mass is 32.1. The van der Waals surface area contributed by atoms with Crippen LogP contribution in [-0.4, -0.2) is 21.7 Å². The normalized spacial score (nSPS) is 24.6. The fourth-order valence-electron chi connectivity index (χ4n) is 2.45. The third-order valence-corrected chi connectivity index (χ3v) is 3.81. The number of hydrogen-bond acceptors (Lipinski definition) is 3. The maximum Gasteiger partial charge on any atom is 0.233 e. The summed E-state index contributed by atoms with van der Waals surface area (Å²) in [6, 6.07) is 4.26. The van der Waals surface area contributed by atoms with Crippen molar-refractivity contribution in [2.24, 2.45) is 17.6 Å². The van der Waals surface area contributed by atoms with Gasteiger partial charge >= 0.3 is 0 Å². The summed E-state index contributed by atoms with van der Waals surface area (Å²) in [7, 11) is 0. The minimum Gasteiger partial charge on any atom is -0.389 e. The molecule has 0 spiro atoms. The quantitative estimate of drug-likeness (QED) is 0.661. The molecule has 1 aliphatic carbocycles. The van der Waals surface area contributed by atoms with Crippen LogP contribution >= 0.6 is 12.2 Å². The predicted octanol–water partition coefficient (Wildman–Crippen LogP) is 0.965. The van der Waals surface area contributed by atoms with Crippen LogP contribution in [0.2, 0.25) is 0 Å². The van der Waals surface area contributed by atoms with Crippen LogP contribution in [0.1, 0.15) is 17.5 Å². The number of benzene rings is 1. The summed E-state index contributed by atoms with van der Waals surface area (Å²) in [6.07, 6.45) is 0.676. The van der Waals surface area contributed by atoms with Crippen LogP contribution in [0.4, 0.5) is 4.39 Å². The van der Waals surface area contributed by atoms with E-state index in [0.717, 1.165) is 0 Å². The number of hydrogen-bond donors (Lipinski definition) is 1. The molecule has 1 saturated heterocycles. The summed E-state index contributed by atoms with van der Waals surface area (Å²) in [6.45, 7) is 0.153. The van der Waals surface area contributed by atoms with E-state index in [1.165, 1.54) is 23.1 Å². The molecule has 2 amide bonds. The van der Waals surface area contributed by atoms with Gasteiger partial charge in [0.25, 0.3) is 0 Å². The predicted molar refractivity (Wildman–Crippen MR) is 69.4 cm³/mol. The van der Waals surface area contributed by atoms with Crippen molar-refractivity contribution < 1.29 is 14.0 Å². The van der Waals surface area contributed by atoms with E-state index in [1.54, 1.807) is 0 Å². The summed E-state index contributed by atoms with van der Waals surface area (Å²) in [4.78, 5) is 24.8. The topological polar surface area (TPSA) is 63.4 Å². The lowest BCUT2D eigenvalue weighted by Crippen LogP contribution is -2.32. The first-order chi connectivity index (χ1) is 8.99. The lowest BCUT2D eigenvalue weighted by atomic mass is 10.1. The number of nitrogens with two attached hydrogens (primary N) is 1. The highest BCUT2D eigenvalue weighted by molar-refractivity contribution is 7.80. The van der Waals surface area contributed by atoms with Crippen molar-refractivity contribution in [3.05, 3.63) is 35.1 Å². The molecule has 0 bridgehead atoms. The van der Waals surface area contributed by atoms with E-state index >= 15 is 0 Å². The molecular formula is C13H11FN2O2S. The average Bonchev–Trinajstić information content (AvgIpc) is 3.11. The first-order valence-corrected chi connectivity index (χ1v) is 6.33. The molecule has 2 N–H and O–H groups in total. The van der Waals surface area contributed by atoms with Crippen molar-refractivity contribution in [1.82, 2.24) is 4.90 Å². The largest absolute Gasteiger partial charge is 0.389 e.